The van der Waals surface area contributed by atoms with Crippen LogP contribution >= 0.6 is 0 Å². The van der Waals surface area contributed by atoms with Gasteiger partial charge in [-0.2, -0.15) is 0 Å². The molecule has 0 aliphatic carbocycles. The SMILES string of the molecule is CCCCCC.CCCC[O-].CCCC[O-].CCCC[O-].CCCC[O-].[W]. The molecule has 0 aromatic heterocycles. The van der Waals surface area contributed by atoms with Crippen LogP contribution in [0.15, 0.2) is 0 Å². The van der Waals surface area contributed by atoms with Crippen LogP contribution in [-0.4, -0.2) is 26.4 Å². The fourth-order valence-electron chi connectivity index (χ4n) is 1.08. The third-order valence-corrected chi connectivity index (χ3v) is 2.95. The van der Waals surface area contributed by atoms with Crippen molar-refractivity contribution < 1.29 is 41.5 Å². The molecule has 0 bridgehead atoms. The van der Waals surface area contributed by atoms with E-state index in [2.05, 4.69) is 13.8 Å². The normalized spacial score (nSPS) is 8.22. The van der Waals surface area contributed by atoms with Gasteiger partial charge in [0.2, 0.25) is 0 Å². The summed E-state index contributed by atoms with van der Waals surface area (Å²) in [4.78, 5) is 0. The number of unbranched alkanes of at least 4 members (excludes halogenated alkanes) is 7. The fraction of sp³-hybridized carbons (Fsp3) is 1.00. The summed E-state index contributed by atoms with van der Waals surface area (Å²) in [6.07, 6.45) is 13.0. The topological polar surface area (TPSA) is 92.2 Å². The first-order valence-corrected chi connectivity index (χ1v) is 10.9. The standard InChI is InChI=1S/C6H14.4C4H9O.W/c1-3-5-6-4-2;4*1-2-3-4-5;/h3-6H2,1-2H3;4*2-4H2,1H3;/q;4*-1;. The van der Waals surface area contributed by atoms with Crippen molar-refractivity contribution in [3.8, 4) is 0 Å². The molecule has 0 saturated heterocycles. The first-order chi connectivity index (χ1) is 12.6. The Balaban J connectivity index is -0.0000000507. The van der Waals surface area contributed by atoms with Crippen LogP contribution in [0.2, 0.25) is 0 Å². The Kier molecular flexibility index (Phi) is 98.0. The summed E-state index contributed by atoms with van der Waals surface area (Å²) in [5, 5.41) is 38.1. The van der Waals surface area contributed by atoms with Crippen LogP contribution in [0.1, 0.15) is 119 Å². The molecule has 0 saturated carbocycles. The van der Waals surface area contributed by atoms with Crippen LogP contribution in [0.25, 0.3) is 0 Å². The average Bonchev–Trinajstić information content (AvgIpc) is 2.65. The first kappa shape index (κ1) is 41.8. The van der Waals surface area contributed by atoms with Gasteiger partial charge >= 0.3 is 0 Å². The van der Waals surface area contributed by atoms with Crippen LogP contribution in [0.3, 0.4) is 0 Å². The van der Waals surface area contributed by atoms with Gasteiger partial charge in [0, 0.05) is 21.1 Å². The van der Waals surface area contributed by atoms with Crippen molar-refractivity contribution in [2.75, 3.05) is 26.4 Å². The van der Waals surface area contributed by atoms with Gasteiger partial charge in [-0.25, -0.2) is 0 Å². The second-order valence-electron chi connectivity index (χ2n) is 5.94. The minimum Gasteiger partial charge on any atom is -0.854 e. The largest absolute Gasteiger partial charge is 0.854 e. The maximum absolute atomic E-state index is 9.53. The molecule has 0 fully saturated rings. The third-order valence-electron chi connectivity index (χ3n) is 2.95. The van der Waals surface area contributed by atoms with E-state index in [1.165, 1.54) is 25.7 Å². The van der Waals surface area contributed by atoms with Gasteiger partial charge in [0.05, 0.1) is 0 Å². The molecule has 0 aliphatic rings. The molecule has 5 heteroatoms. The Labute approximate surface area is 186 Å². The van der Waals surface area contributed by atoms with E-state index in [1.54, 1.807) is 0 Å². The molecular formula is C22H50O4W-4. The molecule has 0 aliphatic heterocycles. The zero-order valence-electron chi connectivity index (χ0n) is 19.4. The Morgan fingerprint density at radius 1 is 0.333 bits per heavy atom. The maximum Gasteiger partial charge on any atom is 0 e. The molecule has 172 valence electrons. The van der Waals surface area contributed by atoms with Gasteiger partial charge in [-0.15, -0.1) is 26.4 Å². The van der Waals surface area contributed by atoms with Crippen molar-refractivity contribution >= 4 is 0 Å². The molecule has 0 atom stereocenters. The molecule has 0 aromatic rings. The summed E-state index contributed by atoms with van der Waals surface area (Å²) in [6, 6.07) is 0. The monoisotopic (exact) mass is 562 g/mol. The van der Waals surface area contributed by atoms with Crippen molar-refractivity contribution in [1.82, 2.24) is 0 Å². The van der Waals surface area contributed by atoms with E-state index in [-0.39, 0.29) is 47.5 Å². The predicted molar refractivity (Wildman–Crippen MR) is 109 cm³/mol. The van der Waals surface area contributed by atoms with E-state index in [9.17, 15) is 20.4 Å². The van der Waals surface area contributed by atoms with E-state index in [0.29, 0.717) is 0 Å². The quantitative estimate of drug-likeness (QED) is 0.362. The van der Waals surface area contributed by atoms with Gasteiger partial charge in [0.25, 0.3) is 0 Å². The maximum atomic E-state index is 9.53. The Hall–Kier alpha value is 0.528. The summed E-state index contributed by atoms with van der Waals surface area (Å²) >= 11 is 0. The zero-order valence-corrected chi connectivity index (χ0v) is 22.3. The molecule has 0 aromatic carbocycles. The summed E-state index contributed by atoms with van der Waals surface area (Å²) in [6.45, 7) is 12.9. The van der Waals surface area contributed by atoms with Crippen molar-refractivity contribution in [3.63, 3.8) is 0 Å². The Morgan fingerprint density at radius 2 is 0.481 bits per heavy atom. The summed E-state index contributed by atoms with van der Waals surface area (Å²) in [5.74, 6) is 0. The van der Waals surface area contributed by atoms with Crippen molar-refractivity contribution in [1.29, 1.82) is 0 Å². The molecule has 0 amide bonds. The first-order valence-electron chi connectivity index (χ1n) is 10.9. The van der Waals surface area contributed by atoms with Crippen LogP contribution in [-0.2, 0) is 21.1 Å². The van der Waals surface area contributed by atoms with Crippen LogP contribution < -0.4 is 20.4 Å². The summed E-state index contributed by atoms with van der Waals surface area (Å²) in [7, 11) is 0. The van der Waals surface area contributed by atoms with Gasteiger partial charge < -0.3 is 20.4 Å². The van der Waals surface area contributed by atoms with Crippen molar-refractivity contribution in [3.05, 3.63) is 0 Å². The molecular weight excluding hydrogens is 512 g/mol. The molecule has 0 rings (SSSR count). The van der Waals surface area contributed by atoms with Crippen LogP contribution in [0.4, 0.5) is 0 Å². The second kappa shape index (κ2) is 63.3. The molecule has 0 heterocycles. The van der Waals surface area contributed by atoms with Crippen molar-refractivity contribution in [2.45, 2.75) is 119 Å². The second-order valence-corrected chi connectivity index (χ2v) is 5.94. The van der Waals surface area contributed by atoms with Crippen LogP contribution in [0, 0.1) is 0 Å². The van der Waals surface area contributed by atoms with Crippen molar-refractivity contribution in [2.24, 2.45) is 0 Å². The van der Waals surface area contributed by atoms with Crippen LogP contribution in [0.5, 0.6) is 0 Å². The smallest absolute Gasteiger partial charge is 0 e. The zero-order chi connectivity index (χ0) is 21.3. The molecule has 0 N–H and O–H groups in total. The molecule has 27 heavy (non-hydrogen) atoms. The Morgan fingerprint density at radius 3 is 0.519 bits per heavy atom. The Bertz CT molecular complexity index is 114. The van der Waals surface area contributed by atoms with E-state index in [4.69, 9.17) is 0 Å². The average molecular weight is 562 g/mol. The van der Waals surface area contributed by atoms with E-state index in [1.807, 2.05) is 27.7 Å². The number of hydrogen-bond donors (Lipinski definition) is 0. The van der Waals surface area contributed by atoms with E-state index >= 15 is 0 Å². The van der Waals surface area contributed by atoms with Gasteiger partial charge in [-0.3, -0.25) is 0 Å². The molecule has 0 radical (unpaired) electrons. The number of hydrogen-bond acceptors (Lipinski definition) is 4. The minimum atomic E-state index is 0. The molecule has 0 unspecified atom stereocenters. The van der Waals surface area contributed by atoms with Gasteiger partial charge in [0.1, 0.15) is 0 Å². The van der Waals surface area contributed by atoms with Gasteiger partial charge in [0.15, 0.2) is 0 Å². The van der Waals surface area contributed by atoms with Gasteiger partial charge in [-0.1, -0.05) is 119 Å². The summed E-state index contributed by atoms with van der Waals surface area (Å²) < 4.78 is 0. The molecule has 4 nitrogen and oxygen atoms in total. The van der Waals surface area contributed by atoms with E-state index in [0.717, 1.165) is 51.4 Å². The minimum absolute atomic E-state index is 0. The molecule has 0 spiro atoms. The van der Waals surface area contributed by atoms with E-state index < -0.39 is 0 Å². The number of rotatable bonds is 11. The predicted octanol–water partition coefficient (Wildman–Crippen LogP) is 3.17. The summed E-state index contributed by atoms with van der Waals surface area (Å²) in [5.41, 5.74) is 0. The third kappa shape index (κ3) is 120. The van der Waals surface area contributed by atoms with Gasteiger partial charge in [-0.05, 0) is 0 Å². The fourth-order valence-corrected chi connectivity index (χ4v) is 1.08.